The van der Waals surface area contributed by atoms with Gasteiger partial charge >= 0.3 is 0 Å². The lowest BCUT2D eigenvalue weighted by Gasteiger charge is -2.13. The van der Waals surface area contributed by atoms with Crippen molar-refractivity contribution in [2.75, 3.05) is 5.73 Å². The third-order valence-electron chi connectivity index (χ3n) is 2.50. The van der Waals surface area contributed by atoms with E-state index in [9.17, 15) is 0 Å². The minimum atomic E-state index is 0.533. The van der Waals surface area contributed by atoms with Gasteiger partial charge in [-0.15, -0.1) is 0 Å². The lowest BCUT2D eigenvalue weighted by atomic mass is 9.98. The zero-order valence-electron chi connectivity index (χ0n) is 9.71. The normalized spacial score (nSPS) is 12.2. The minimum Gasteiger partial charge on any atom is -0.460 e. The topological polar surface area (TPSA) is 35.2 Å². The first-order valence-electron chi connectivity index (χ1n) is 5.27. The predicted molar refractivity (Wildman–Crippen MR) is 65.0 cm³/mol. The fourth-order valence-electron chi connectivity index (χ4n) is 1.39. The van der Waals surface area contributed by atoms with Gasteiger partial charge in [0.15, 0.2) is 0 Å². The first-order valence-corrected chi connectivity index (χ1v) is 5.27. The van der Waals surface area contributed by atoms with Crippen LogP contribution in [0.5, 0.6) is 5.75 Å². The molecule has 1 atom stereocenters. The monoisotopic (exact) mass is 205 g/mol. The van der Waals surface area contributed by atoms with E-state index in [2.05, 4.69) is 26.5 Å². The van der Waals surface area contributed by atoms with Crippen LogP contribution in [0.4, 0.5) is 5.69 Å². The molecule has 0 aromatic heterocycles. The Morgan fingerprint density at radius 3 is 2.67 bits per heavy atom. The van der Waals surface area contributed by atoms with Crippen LogP contribution in [-0.4, -0.2) is 0 Å². The van der Waals surface area contributed by atoms with Gasteiger partial charge in [-0.3, -0.25) is 0 Å². The molecule has 0 heterocycles. The predicted octanol–water partition coefficient (Wildman–Crippen LogP) is 3.69. The molecule has 0 bridgehead atoms. The second-order valence-corrected chi connectivity index (χ2v) is 3.91. The number of anilines is 1. The summed E-state index contributed by atoms with van der Waals surface area (Å²) in [6.07, 6.45) is 1.11. The third kappa shape index (κ3) is 3.01. The van der Waals surface area contributed by atoms with Crippen molar-refractivity contribution < 1.29 is 4.74 Å². The van der Waals surface area contributed by atoms with E-state index < -0.39 is 0 Å². The van der Waals surface area contributed by atoms with Gasteiger partial charge in [-0.05, 0) is 37.0 Å². The Bertz CT molecular complexity index is 358. The Kier molecular flexibility index (Phi) is 3.78. The molecule has 0 aliphatic rings. The van der Waals surface area contributed by atoms with Crippen LogP contribution in [0, 0.1) is 0 Å². The summed E-state index contributed by atoms with van der Waals surface area (Å²) < 4.78 is 5.39. The Morgan fingerprint density at radius 1 is 1.53 bits per heavy atom. The first-order chi connectivity index (χ1) is 7.04. The van der Waals surface area contributed by atoms with Gasteiger partial charge in [0.1, 0.15) is 5.75 Å². The Balaban J connectivity index is 2.92. The summed E-state index contributed by atoms with van der Waals surface area (Å²) in [5.41, 5.74) is 7.83. The van der Waals surface area contributed by atoms with Crippen LogP contribution in [-0.2, 0) is 0 Å². The Morgan fingerprint density at radius 2 is 2.20 bits per heavy atom. The van der Waals surface area contributed by atoms with Crippen molar-refractivity contribution in [3.63, 3.8) is 0 Å². The molecule has 0 fully saturated rings. The quantitative estimate of drug-likeness (QED) is 0.601. The van der Waals surface area contributed by atoms with Gasteiger partial charge < -0.3 is 10.5 Å². The zero-order valence-corrected chi connectivity index (χ0v) is 9.71. The lowest BCUT2D eigenvalue weighted by molar-refractivity contribution is 0.432. The van der Waals surface area contributed by atoms with Gasteiger partial charge in [-0.1, -0.05) is 26.5 Å². The van der Waals surface area contributed by atoms with Crippen molar-refractivity contribution >= 4 is 5.69 Å². The number of hydrogen-bond donors (Lipinski definition) is 1. The van der Waals surface area contributed by atoms with E-state index in [1.807, 2.05) is 19.1 Å². The Hall–Kier alpha value is -1.44. The molecular weight excluding hydrogens is 186 g/mol. The first kappa shape index (κ1) is 11.6. The summed E-state index contributed by atoms with van der Waals surface area (Å²) in [7, 11) is 0. The highest BCUT2D eigenvalue weighted by Crippen LogP contribution is 2.28. The van der Waals surface area contributed by atoms with Crippen molar-refractivity contribution in [2.45, 2.75) is 33.1 Å². The molecule has 1 unspecified atom stereocenters. The van der Waals surface area contributed by atoms with Crippen LogP contribution in [0.1, 0.15) is 38.7 Å². The molecule has 0 saturated heterocycles. The molecule has 0 radical (unpaired) electrons. The van der Waals surface area contributed by atoms with Gasteiger partial charge in [0, 0.05) is 0 Å². The maximum absolute atomic E-state index is 5.90. The van der Waals surface area contributed by atoms with Crippen LogP contribution in [0.25, 0.3) is 0 Å². The van der Waals surface area contributed by atoms with Crippen molar-refractivity contribution in [3.8, 4) is 5.75 Å². The average Bonchev–Trinajstić information content (AvgIpc) is 2.19. The summed E-state index contributed by atoms with van der Waals surface area (Å²) >= 11 is 0. The Labute approximate surface area is 91.7 Å². The molecule has 2 heteroatoms. The lowest BCUT2D eigenvalue weighted by Crippen LogP contribution is -1.98. The number of nitrogens with two attached hydrogens (primary N) is 1. The molecule has 0 aliphatic carbocycles. The van der Waals surface area contributed by atoms with E-state index in [1.54, 1.807) is 0 Å². The van der Waals surface area contributed by atoms with Gasteiger partial charge in [0.2, 0.25) is 0 Å². The van der Waals surface area contributed by atoms with Crippen molar-refractivity contribution in [1.82, 2.24) is 0 Å². The molecule has 1 rings (SSSR count). The smallest absolute Gasteiger partial charge is 0.149 e. The number of hydrogen-bond acceptors (Lipinski definition) is 2. The van der Waals surface area contributed by atoms with Crippen molar-refractivity contribution in [2.24, 2.45) is 0 Å². The molecule has 2 nitrogen and oxygen atoms in total. The van der Waals surface area contributed by atoms with Crippen LogP contribution in [0.2, 0.25) is 0 Å². The molecule has 0 amide bonds. The van der Waals surface area contributed by atoms with Crippen LogP contribution < -0.4 is 10.5 Å². The number of rotatable bonds is 4. The average molecular weight is 205 g/mol. The molecule has 15 heavy (non-hydrogen) atoms. The van der Waals surface area contributed by atoms with Gasteiger partial charge in [-0.2, -0.15) is 0 Å². The van der Waals surface area contributed by atoms with E-state index in [-0.39, 0.29) is 0 Å². The molecule has 82 valence electrons. The number of allylic oxidation sites excluding steroid dienone is 1. The number of benzene rings is 1. The maximum atomic E-state index is 5.90. The van der Waals surface area contributed by atoms with Crippen molar-refractivity contribution in [1.29, 1.82) is 0 Å². The highest BCUT2D eigenvalue weighted by molar-refractivity contribution is 5.55. The molecule has 0 saturated carbocycles. The van der Waals surface area contributed by atoms with Gasteiger partial charge in [-0.25, -0.2) is 0 Å². The summed E-state index contributed by atoms with van der Waals surface area (Å²) in [6.45, 7) is 9.85. The summed E-state index contributed by atoms with van der Waals surface area (Å²) in [5, 5.41) is 0. The fraction of sp³-hybridized carbons (Fsp3) is 0.385. The molecule has 0 aliphatic heterocycles. The maximum Gasteiger partial charge on any atom is 0.149 e. The van der Waals surface area contributed by atoms with Crippen LogP contribution >= 0.6 is 0 Å². The SMILES string of the molecule is C=C(C)Oc1ccc(C(C)CC)cc1N. The summed E-state index contributed by atoms with van der Waals surface area (Å²) in [6, 6.07) is 5.95. The summed E-state index contributed by atoms with van der Waals surface area (Å²) in [5.74, 6) is 1.87. The van der Waals surface area contributed by atoms with Gasteiger partial charge in [0.25, 0.3) is 0 Å². The van der Waals surface area contributed by atoms with E-state index in [1.165, 1.54) is 5.56 Å². The number of nitrogen functional groups attached to an aromatic ring is 1. The van der Waals surface area contributed by atoms with E-state index in [4.69, 9.17) is 10.5 Å². The largest absolute Gasteiger partial charge is 0.460 e. The second kappa shape index (κ2) is 4.87. The zero-order chi connectivity index (χ0) is 11.4. The van der Waals surface area contributed by atoms with E-state index in [0.717, 1.165) is 6.42 Å². The van der Waals surface area contributed by atoms with Crippen LogP contribution in [0.3, 0.4) is 0 Å². The van der Waals surface area contributed by atoms with Gasteiger partial charge in [0.05, 0.1) is 11.4 Å². The standard InChI is InChI=1S/C13H19NO/c1-5-10(4)11-6-7-13(12(14)8-11)15-9(2)3/h6-8,10H,2,5,14H2,1,3-4H3. The molecular formula is C13H19NO. The molecule has 1 aromatic carbocycles. The summed E-state index contributed by atoms with van der Waals surface area (Å²) in [4.78, 5) is 0. The van der Waals surface area contributed by atoms with Crippen LogP contribution in [0.15, 0.2) is 30.5 Å². The molecule has 1 aromatic rings. The van der Waals surface area contributed by atoms with Crippen molar-refractivity contribution in [3.05, 3.63) is 36.1 Å². The van der Waals surface area contributed by atoms with E-state index in [0.29, 0.717) is 23.1 Å². The highest BCUT2D eigenvalue weighted by Gasteiger charge is 2.06. The molecule has 2 N–H and O–H groups in total. The number of ether oxygens (including phenoxy) is 1. The minimum absolute atomic E-state index is 0.533. The fourth-order valence-corrected chi connectivity index (χ4v) is 1.39. The highest BCUT2D eigenvalue weighted by atomic mass is 16.5. The van der Waals surface area contributed by atoms with E-state index >= 15 is 0 Å². The second-order valence-electron chi connectivity index (χ2n) is 3.91. The third-order valence-corrected chi connectivity index (χ3v) is 2.50. The molecule has 0 spiro atoms.